The highest BCUT2D eigenvalue weighted by Gasteiger charge is 2.12. The molecule has 0 spiro atoms. The van der Waals surface area contributed by atoms with Gasteiger partial charge in [0.25, 0.3) is 0 Å². The Balaban J connectivity index is 0.000000870. The molecule has 0 saturated heterocycles. The Hall–Kier alpha value is -1.91. The van der Waals surface area contributed by atoms with Crippen LogP contribution in [-0.2, 0) is 53.7 Å². The lowest BCUT2D eigenvalue weighted by Crippen LogP contribution is -2.10. The van der Waals surface area contributed by atoms with E-state index in [9.17, 15) is 19.2 Å². The Kier molecular flexibility index (Phi) is 34.5. The molecule has 0 atom stereocenters. The third kappa shape index (κ3) is 25.0. The summed E-state index contributed by atoms with van der Waals surface area (Å²) in [6.07, 6.45) is 4.12. The summed E-state index contributed by atoms with van der Waals surface area (Å²) in [6.45, 7) is 14.0. The van der Waals surface area contributed by atoms with Crippen LogP contribution in [0.25, 0.3) is 0 Å². The first-order valence-corrected chi connectivity index (χ1v) is 25.0. The lowest BCUT2D eigenvalue weighted by molar-refractivity contribution is -0.111. The zero-order valence-corrected chi connectivity index (χ0v) is 41.3. The monoisotopic (exact) mass is 945 g/mol. The fourth-order valence-electron chi connectivity index (χ4n) is 4.59. The number of benzene rings is 3. The summed E-state index contributed by atoms with van der Waals surface area (Å²) in [5.41, 5.74) is 12.2. The van der Waals surface area contributed by atoms with Gasteiger partial charge in [0.15, 0.2) is 20.5 Å². The van der Waals surface area contributed by atoms with Crippen LogP contribution in [0.4, 0.5) is 0 Å². The molecule has 59 heavy (non-hydrogen) atoms. The Morgan fingerprint density at radius 2 is 0.780 bits per heavy atom. The Bertz CT molecular complexity index is 1590. The molecule has 0 aromatic heterocycles. The number of hydrogen-bond acceptors (Lipinski definition) is 14. The number of carbonyl (C=O) groups excluding carboxylic acids is 4. The molecule has 3 aromatic rings. The number of hydrogen-bond donors (Lipinski definition) is 3. The average Bonchev–Trinajstić information content (AvgIpc) is 3.26. The molecule has 0 bridgehead atoms. The predicted octanol–water partition coefficient (Wildman–Crippen LogP) is 11.9. The summed E-state index contributed by atoms with van der Waals surface area (Å²) in [4.78, 5) is 46.0. The van der Waals surface area contributed by atoms with Gasteiger partial charge in [0.05, 0.1) is 13.2 Å². The molecule has 330 valence electrons. The molecule has 3 aromatic carbocycles. The molecule has 0 aliphatic heterocycles. The van der Waals surface area contributed by atoms with Gasteiger partial charge >= 0.3 is 0 Å². The SMILES string of the molecule is CCC(=O)SCc1ccc(OCCN)cc1CSC(=O)CC.CCCOc1ccc(CS)c(CS)c1.CCCOc1ccc(CSC(=O)CC)c(CSC(=O)CC)c1.Cl. The Morgan fingerprint density at radius 3 is 1.08 bits per heavy atom. The van der Waals surface area contributed by atoms with E-state index in [1.807, 2.05) is 76.2 Å². The molecule has 3 rings (SSSR count). The third-order valence-corrected chi connectivity index (χ3v) is 12.9. The minimum Gasteiger partial charge on any atom is -0.494 e. The van der Waals surface area contributed by atoms with Crippen LogP contribution in [0.5, 0.6) is 17.2 Å². The van der Waals surface area contributed by atoms with Crippen molar-refractivity contribution in [3.8, 4) is 17.2 Å². The highest BCUT2D eigenvalue weighted by atomic mass is 35.5. The maximum atomic E-state index is 11.5. The zero-order valence-electron chi connectivity index (χ0n) is 35.4. The molecule has 0 aliphatic rings. The van der Waals surface area contributed by atoms with E-state index < -0.39 is 0 Å². The van der Waals surface area contributed by atoms with Crippen LogP contribution >= 0.6 is 84.7 Å². The van der Waals surface area contributed by atoms with E-state index in [1.165, 1.54) is 58.2 Å². The Labute approximate surface area is 387 Å². The van der Waals surface area contributed by atoms with E-state index in [0.717, 1.165) is 70.5 Å². The lowest BCUT2D eigenvalue weighted by Gasteiger charge is -2.12. The van der Waals surface area contributed by atoms with Crippen molar-refractivity contribution in [1.29, 1.82) is 0 Å². The van der Waals surface area contributed by atoms with Gasteiger partial charge in [-0.3, -0.25) is 19.2 Å². The number of carbonyl (C=O) groups is 4. The van der Waals surface area contributed by atoms with Crippen molar-refractivity contribution in [3.63, 3.8) is 0 Å². The maximum Gasteiger partial charge on any atom is 0.188 e. The summed E-state index contributed by atoms with van der Waals surface area (Å²) in [5, 5.41) is 0.709. The standard InChI is InChI=1S/C17H24O3S2.C16H23NO3S2.C11H16OS2.ClH/c1-4-9-20-15-8-7-13(11-21-16(18)5-2)14(10-15)12-22-17(19)6-3;1-3-15(18)21-10-12-5-6-14(20-8-7-17)9-13(12)11-22-16(19)4-2;1-2-5-12-11-4-3-9(7-13)10(6-11)8-14;/h7-8,10H,4-6,9,11-12H2,1-3H3;5-6,9H,3-4,7-8,10-11,17H2,1-2H3;3-4,6,13-14H,2,5,7-8H2,1H3;1H. The summed E-state index contributed by atoms with van der Waals surface area (Å²) >= 11 is 13.8. The van der Waals surface area contributed by atoms with Gasteiger partial charge < -0.3 is 19.9 Å². The average molecular weight is 947 g/mol. The van der Waals surface area contributed by atoms with Gasteiger partial charge in [-0.1, -0.05) is 107 Å². The summed E-state index contributed by atoms with van der Waals surface area (Å²) in [6, 6.07) is 17.8. The molecule has 8 nitrogen and oxygen atoms in total. The van der Waals surface area contributed by atoms with Crippen LogP contribution in [0, 0.1) is 0 Å². The minimum atomic E-state index is 0. The molecular formula is C44H64ClNO7S6. The molecule has 0 heterocycles. The zero-order chi connectivity index (χ0) is 43.1. The van der Waals surface area contributed by atoms with Gasteiger partial charge in [-0.2, -0.15) is 25.3 Å². The number of rotatable bonds is 23. The topological polar surface area (TPSA) is 122 Å². The van der Waals surface area contributed by atoms with Gasteiger partial charge in [-0.15, -0.1) is 12.4 Å². The predicted molar refractivity (Wildman–Crippen MR) is 264 cm³/mol. The third-order valence-electron chi connectivity index (χ3n) is 7.92. The summed E-state index contributed by atoms with van der Waals surface area (Å²) < 4.78 is 16.7. The van der Waals surface area contributed by atoms with E-state index in [-0.39, 0.29) is 32.9 Å². The van der Waals surface area contributed by atoms with Crippen LogP contribution in [0.2, 0.25) is 0 Å². The fraction of sp³-hybridized carbons (Fsp3) is 0.500. The molecule has 0 saturated carbocycles. The molecule has 15 heteroatoms. The first-order chi connectivity index (χ1) is 28.0. The maximum absolute atomic E-state index is 11.5. The van der Waals surface area contributed by atoms with Gasteiger partial charge in [0.1, 0.15) is 23.9 Å². The van der Waals surface area contributed by atoms with Gasteiger partial charge in [0, 0.05) is 66.7 Å². The van der Waals surface area contributed by atoms with Crippen molar-refractivity contribution in [1.82, 2.24) is 0 Å². The highest BCUT2D eigenvalue weighted by molar-refractivity contribution is 8.13. The highest BCUT2D eigenvalue weighted by Crippen LogP contribution is 2.29. The number of nitrogens with two attached hydrogens (primary N) is 1. The van der Waals surface area contributed by atoms with Crippen molar-refractivity contribution >= 4 is 105 Å². The van der Waals surface area contributed by atoms with Crippen LogP contribution < -0.4 is 19.9 Å². The van der Waals surface area contributed by atoms with Crippen molar-refractivity contribution in [2.24, 2.45) is 5.73 Å². The van der Waals surface area contributed by atoms with E-state index >= 15 is 0 Å². The van der Waals surface area contributed by atoms with Crippen LogP contribution in [-0.4, -0.2) is 46.8 Å². The lowest BCUT2D eigenvalue weighted by atomic mass is 10.1. The summed E-state index contributed by atoms with van der Waals surface area (Å²) in [7, 11) is 0. The molecule has 0 aliphatic carbocycles. The first kappa shape index (κ1) is 57.1. The van der Waals surface area contributed by atoms with E-state index in [4.69, 9.17) is 19.9 Å². The minimum absolute atomic E-state index is 0. The van der Waals surface area contributed by atoms with Gasteiger partial charge in [-0.25, -0.2) is 0 Å². The second kappa shape index (κ2) is 35.7. The fourth-order valence-corrected chi connectivity index (χ4v) is 8.37. The van der Waals surface area contributed by atoms with Gasteiger partial charge in [-0.05, 0) is 82.6 Å². The van der Waals surface area contributed by atoms with Crippen molar-refractivity contribution in [3.05, 3.63) is 88.0 Å². The van der Waals surface area contributed by atoms with E-state index in [2.05, 4.69) is 45.2 Å². The van der Waals surface area contributed by atoms with Gasteiger partial charge in [0.2, 0.25) is 0 Å². The molecule has 0 radical (unpaired) electrons. The van der Waals surface area contributed by atoms with Crippen molar-refractivity contribution < 1.29 is 33.4 Å². The van der Waals surface area contributed by atoms with E-state index in [1.54, 1.807) is 0 Å². The first-order valence-electron chi connectivity index (χ1n) is 19.8. The molecule has 2 N–H and O–H groups in total. The molecular weight excluding hydrogens is 882 g/mol. The molecule has 0 fully saturated rings. The second-order valence-corrected chi connectivity index (χ2v) is 17.3. The van der Waals surface area contributed by atoms with Crippen molar-refractivity contribution in [2.75, 3.05) is 26.4 Å². The summed E-state index contributed by atoms with van der Waals surface area (Å²) in [5.74, 6) is 6.51. The molecule has 0 amide bonds. The normalized spacial score (nSPS) is 10.3. The van der Waals surface area contributed by atoms with E-state index in [0.29, 0.717) is 68.5 Å². The number of thioether (sulfide) groups is 4. The molecule has 0 unspecified atom stereocenters. The Morgan fingerprint density at radius 1 is 0.475 bits per heavy atom. The quantitative estimate of drug-likeness (QED) is 0.0785. The number of ether oxygens (including phenoxy) is 3. The van der Waals surface area contributed by atoms with Crippen molar-refractivity contribution in [2.45, 2.75) is 115 Å². The number of halogens is 1. The van der Waals surface area contributed by atoms with Crippen LogP contribution in [0.3, 0.4) is 0 Å². The largest absolute Gasteiger partial charge is 0.494 e. The van der Waals surface area contributed by atoms with Crippen LogP contribution in [0.1, 0.15) is 113 Å². The smallest absolute Gasteiger partial charge is 0.188 e. The number of thiol groups is 2. The second-order valence-electron chi connectivity index (χ2n) is 12.5. The van der Waals surface area contributed by atoms with Crippen LogP contribution in [0.15, 0.2) is 54.6 Å².